The molecule has 1 unspecified atom stereocenters. The molecular formula is C15H22N2O2. The first kappa shape index (κ1) is 15.2. The van der Waals surface area contributed by atoms with E-state index in [-0.39, 0.29) is 24.4 Å². The Balaban J connectivity index is 2.53. The zero-order chi connectivity index (χ0) is 14.4. The monoisotopic (exact) mass is 262 g/mol. The maximum Gasteiger partial charge on any atom is 0.251 e. The van der Waals surface area contributed by atoms with Crippen molar-refractivity contribution >= 4 is 11.8 Å². The van der Waals surface area contributed by atoms with Crippen LogP contribution in [0.2, 0.25) is 0 Å². The van der Waals surface area contributed by atoms with Crippen molar-refractivity contribution in [2.45, 2.75) is 40.2 Å². The van der Waals surface area contributed by atoms with Gasteiger partial charge in [0, 0.05) is 11.6 Å². The maximum absolute atomic E-state index is 11.9. The van der Waals surface area contributed by atoms with Gasteiger partial charge in [-0.15, -0.1) is 0 Å². The van der Waals surface area contributed by atoms with Gasteiger partial charge in [-0.2, -0.15) is 0 Å². The summed E-state index contributed by atoms with van der Waals surface area (Å²) in [6, 6.07) is 5.77. The van der Waals surface area contributed by atoms with Crippen LogP contribution < -0.4 is 10.6 Å². The second-order valence-corrected chi connectivity index (χ2v) is 4.94. The fourth-order valence-corrected chi connectivity index (χ4v) is 1.80. The van der Waals surface area contributed by atoms with Crippen molar-refractivity contribution in [2.75, 3.05) is 6.54 Å². The highest BCUT2D eigenvalue weighted by atomic mass is 16.2. The van der Waals surface area contributed by atoms with E-state index in [1.165, 1.54) is 0 Å². The van der Waals surface area contributed by atoms with Crippen molar-refractivity contribution in [3.05, 3.63) is 34.9 Å². The quantitative estimate of drug-likeness (QED) is 0.852. The minimum atomic E-state index is -0.217. The lowest BCUT2D eigenvalue weighted by Gasteiger charge is -2.12. The van der Waals surface area contributed by atoms with Gasteiger partial charge in [0.15, 0.2) is 0 Å². The number of hydrogen-bond donors (Lipinski definition) is 2. The van der Waals surface area contributed by atoms with Gasteiger partial charge in [-0.25, -0.2) is 0 Å². The highest BCUT2D eigenvalue weighted by Crippen LogP contribution is 2.08. The lowest BCUT2D eigenvalue weighted by atomic mass is 10.1. The van der Waals surface area contributed by atoms with Gasteiger partial charge in [-0.1, -0.05) is 24.1 Å². The maximum atomic E-state index is 11.9. The predicted octanol–water partition coefficient (Wildman–Crippen LogP) is 1.95. The molecule has 104 valence electrons. The van der Waals surface area contributed by atoms with Gasteiger partial charge in [0.25, 0.3) is 5.91 Å². The highest BCUT2D eigenvalue weighted by Gasteiger charge is 2.10. The van der Waals surface area contributed by atoms with E-state index in [0.717, 1.165) is 17.5 Å². The molecule has 2 N–H and O–H groups in total. The van der Waals surface area contributed by atoms with E-state index in [4.69, 9.17) is 0 Å². The molecule has 0 saturated carbocycles. The lowest BCUT2D eigenvalue weighted by molar-refractivity contribution is -0.120. The average Bonchev–Trinajstić information content (AvgIpc) is 2.34. The summed E-state index contributed by atoms with van der Waals surface area (Å²) >= 11 is 0. The summed E-state index contributed by atoms with van der Waals surface area (Å²) in [5.41, 5.74) is 2.66. The van der Waals surface area contributed by atoms with Gasteiger partial charge in [-0.3, -0.25) is 9.59 Å². The largest absolute Gasteiger partial charge is 0.352 e. The van der Waals surface area contributed by atoms with E-state index in [0.29, 0.717) is 5.56 Å². The Morgan fingerprint density at radius 3 is 2.26 bits per heavy atom. The van der Waals surface area contributed by atoms with Crippen molar-refractivity contribution in [3.8, 4) is 0 Å². The molecule has 1 aromatic carbocycles. The molecule has 0 saturated heterocycles. The van der Waals surface area contributed by atoms with E-state index in [1.54, 1.807) is 0 Å². The van der Waals surface area contributed by atoms with Crippen molar-refractivity contribution < 1.29 is 9.59 Å². The van der Waals surface area contributed by atoms with Gasteiger partial charge in [0.2, 0.25) is 5.91 Å². The summed E-state index contributed by atoms with van der Waals surface area (Å²) in [6.45, 7) is 7.83. The van der Waals surface area contributed by atoms with E-state index < -0.39 is 0 Å². The van der Waals surface area contributed by atoms with Crippen molar-refractivity contribution in [3.63, 3.8) is 0 Å². The molecule has 4 nitrogen and oxygen atoms in total. The molecule has 1 atom stereocenters. The van der Waals surface area contributed by atoms with Crippen LogP contribution in [0.5, 0.6) is 0 Å². The molecule has 0 aliphatic heterocycles. The second-order valence-electron chi connectivity index (χ2n) is 4.94. The minimum Gasteiger partial charge on any atom is -0.352 e. The van der Waals surface area contributed by atoms with Gasteiger partial charge in [0.1, 0.15) is 0 Å². The Morgan fingerprint density at radius 1 is 1.16 bits per heavy atom. The van der Waals surface area contributed by atoms with Crippen molar-refractivity contribution in [1.29, 1.82) is 0 Å². The molecule has 2 amide bonds. The number of carbonyl (C=O) groups excluding carboxylic acids is 2. The molecular weight excluding hydrogens is 240 g/mol. The third-order valence-corrected chi connectivity index (χ3v) is 2.91. The van der Waals surface area contributed by atoms with E-state index in [2.05, 4.69) is 10.6 Å². The van der Waals surface area contributed by atoms with Crippen LogP contribution in [0, 0.1) is 13.8 Å². The summed E-state index contributed by atoms with van der Waals surface area (Å²) in [5, 5.41) is 5.44. The molecule has 0 fully saturated rings. The Labute approximate surface area is 114 Å². The second kappa shape index (κ2) is 6.92. The average molecular weight is 262 g/mol. The fourth-order valence-electron chi connectivity index (χ4n) is 1.80. The molecule has 0 radical (unpaired) electrons. The standard InChI is InChI=1S/C15H22N2O2/c1-5-12(4)17-14(18)9-16-15(19)13-7-10(2)6-11(3)8-13/h6-8,12H,5,9H2,1-4H3,(H,16,19)(H,17,18). The third-order valence-electron chi connectivity index (χ3n) is 2.91. The molecule has 0 bridgehead atoms. The summed E-state index contributed by atoms with van der Waals surface area (Å²) in [7, 11) is 0. The van der Waals surface area contributed by atoms with Gasteiger partial charge < -0.3 is 10.6 Å². The molecule has 0 heterocycles. The van der Waals surface area contributed by atoms with Gasteiger partial charge in [-0.05, 0) is 39.3 Å². The van der Waals surface area contributed by atoms with E-state index >= 15 is 0 Å². The molecule has 4 heteroatoms. The Bertz CT molecular complexity index is 449. The Morgan fingerprint density at radius 2 is 1.74 bits per heavy atom. The minimum absolute atomic E-state index is 0.0101. The number of benzene rings is 1. The van der Waals surface area contributed by atoms with Crippen LogP contribution in [0.1, 0.15) is 41.8 Å². The number of hydrogen-bond acceptors (Lipinski definition) is 2. The molecule has 1 aromatic rings. The van der Waals surface area contributed by atoms with Crippen molar-refractivity contribution in [1.82, 2.24) is 10.6 Å². The number of amides is 2. The molecule has 1 rings (SSSR count). The van der Waals surface area contributed by atoms with Crippen LogP contribution in [0.15, 0.2) is 18.2 Å². The molecule has 0 aliphatic carbocycles. The normalized spacial score (nSPS) is 11.8. The summed E-state index contributed by atoms with van der Waals surface area (Å²) in [4.78, 5) is 23.5. The van der Waals surface area contributed by atoms with E-state index in [9.17, 15) is 9.59 Å². The van der Waals surface area contributed by atoms with Crippen LogP contribution in [-0.4, -0.2) is 24.4 Å². The summed E-state index contributed by atoms with van der Waals surface area (Å²) in [5.74, 6) is -0.377. The Kier molecular flexibility index (Phi) is 5.55. The molecule has 19 heavy (non-hydrogen) atoms. The van der Waals surface area contributed by atoms with Crippen molar-refractivity contribution in [2.24, 2.45) is 0 Å². The molecule has 0 spiro atoms. The SMILES string of the molecule is CCC(C)NC(=O)CNC(=O)c1cc(C)cc(C)c1. The number of nitrogens with one attached hydrogen (secondary N) is 2. The highest BCUT2D eigenvalue weighted by molar-refractivity contribution is 5.96. The topological polar surface area (TPSA) is 58.2 Å². The molecule has 0 aromatic heterocycles. The number of rotatable bonds is 5. The predicted molar refractivity (Wildman–Crippen MR) is 76.1 cm³/mol. The summed E-state index contributed by atoms with van der Waals surface area (Å²) < 4.78 is 0. The first-order chi connectivity index (χ1) is 8.92. The lowest BCUT2D eigenvalue weighted by Crippen LogP contribution is -2.40. The summed E-state index contributed by atoms with van der Waals surface area (Å²) in [6.07, 6.45) is 0.872. The zero-order valence-electron chi connectivity index (χ0n) is 12.0. The van der Waals surface area contributed by atoms with E-state index in [1.807, 2.05) is 45.9 Å². The van der Waals surface area contributed by atoms with Crippen LogP contribution in [0.25, 0.3) is 0 Å². The van der Waals surface area contributed by atoms with Crippen LogP contribution in [0.3, 0.4) is 0 Å². The first-order valence-corrected chi connectivity index (χ1v) is 6.58. The van der Waals surface area contributed by atoms with Gasteiger partial charge in [0.05, 0.1) is 6.54 Å². The fraction of sp³-hybridized carbons (Fsp3) is 0.467. The Hall–Kier alpha value is -1.84. The van der Waals surface area contributed by atoms with Crippen LogP contribution >= 0.6 is 0 Å². The number of carbonyl (C=O) groups is 2. The number of aryl methyl sites for hydroxylation is 2. The van der Waals surface area contributed by atoms with Crippen LogP contribution in [-0.2, 0) is 4.79 Å². The third kappa shape index (κ3) is 5.12. The first-order valence-electron chi connectivity index (χ1n) is 6.58. The smallest absolute Gasteiger partial charge is 0.251 e. The molecule has 0 aliphatic rings. The van der Waals surface area contributed by atoms with Crippen LogP contribution in [0.4, 0.5) is 0 Å². The zero-order valence-corrected chi connectivity index (χ0v) is 12.0. The van der Waals surface area contributed by atoms with Gasteiger partial charge >= 0.3 is 0 Å².